The van der Waals surface area contributed by atoms with E-state index in [2.05, 4.69) is 24.8 Å². The molecule has 0 radical (unpaired) electrons. The van der Waals surface area contributed by atoms with Crippen LogP contribution in [0.3, 0.4) is 0 Å². The number of aliphatic hydroxyl groups excluding tert-OH is 1. The summed E-state index contributed by atoms with van der Waals surface area (Å²) in [4.78, 5) is 9.15. The zero-order valence-corrected chi connectivity index (χ0v) is 14.8. The van der Waals surface area contributed by atoms with Crippen LogP contribution in [0.1, 0.15) is 41.8 Å². The molecule has 1 atom stereocenters. The smallest absolute Gasteiger partial charge is 0.185 e. The van der Waals surface area contributed by atoms with E-state index >= 15 is 0 Å². The average Bonchev–Trinajstić information content (AvgIpc) is 2.94. The summed E-state index contributed by atoms with van der Waals surface area (Å²) in [6, 6.07) is 3.98. The molecule has 21 heavy (non-hydrogen) atoms. The molecule has 0 fully saturated rings. The van der Waals surface area contributed by atoms with Crippen LogP contribution in [-0.4, -0.2) is 17.1 Å². The lowest BCUT2D eigenvalue weighted by atomic mass is 9.77. The molecule has 2 heterocycles. The van der Waals surface area contributed by atoms with E-state index in [1.807, 2.05) is 13.1 Å². The lowest BCUT2D eigenvalue weighted by Gasteiger charge is -2.31. The van der Waals surface area contributed by atoms with Crippen molar-refractivity contribution in [2.45, 2.75) is 39.3 Å². The summed E-state index contributed by atoms with van der Waals surface area (Å²) in [5.74, 6) is 0. The Kier molecular flexibility index (Phi) is 4.03. The fraction of sp³-hybridized carbons (Fsp3) is 0.533. The molecular formula is C15H19ClN2OS2. The maximum atomic E-state index is 10.3. The van der Waals surface area contributed by atoms with Gasteiger partial charge >= 0.3 is 0 Å². The molecule has 2 aromatic rings. The zero-order valence-electron chi connectivity index (χ0n) is 12.4. The average molecular weight is 343 g/mol. The van der Waals surface area contributed by atoms with Gasteiger partial charge in [-0.25, -0.2) is 4.98 Å². The van der Waals surface area contributed by atoms with E-state index in [1.165, 1.54) is 4.88 Å². The van der Waals surface area contributed by atoms with E-state index < -0.39 is 0 Å². The summed E-state index contributed by atoms with van der Waals surface area (Å²) in [6.07, 6.45) is 1.38. The minimum absolute atomic E-state index is 0.123. The predicted molar refractivity (Wildman–Crippen MR) is 90.6 cm³/mol. The van der Waals surface area contributed by atoms with Gasteiger partial charge in [-0.15, -0.1) is 11.3 Å². The molecule has 0 saturated heterocycles. The third kappa shape index (κ3) is 3.26. The molecule has 1 unspecified atom stereocenters. The van der Waals surface area contributed by atoms with Crippen LogP contribution < -0.4 is 4.90 Å². The normalized spacial score (nSPS) is 20.3. The minimum Gasteiger partial charge on any atom is -0.387 e. The van der Waals surface area contributed by atoms with Crippen LogP contribution in [-0.2, 0) is 13.0 Å². The van der Waals surface area contributed by atoms with Crippen LogP contribution >= 0.6 is 34.3 Å². The maximum absolute atomic E-state index is 10.3. The summed E-state index contributed by atoms with van der Waals surface area (Å²) in [5, 5.41) is 11.3. The third-order valence-electron chi connectivity index (χ3n) is 3.76. The van der Waals surface area contributed by atoms with E-state index in [0.29, 0.717) is 0 Å². The molecule has 0 saturated carbocycles. The Bertz CT molecular complexity index is 650. The van der Waals surface area contributed by atoms with Gasteiger partial charge in [-0.05, 0) is 30.4 Å². The molecule has 2 aromatic heterocycles. The second-order valence-electron chi connectivity index (χ2n) is 6.43. The highest BCUT2D eigenvalue weighted by molar-refractivity contribution is 7.16. The van der Waals surface area contributed by atoms with Gasteiger partial charge in [-0.3, -0.25) is 0 Å². The van der Waals surface area contributed by atoms with Crippen molar-refractivity contribution in [1.82, 2.24) is 4.98 Å². The van der Waals surface area contributed by atoms with Crippen LogP contribution in [0, 0.1) is 5.41 Å². The fourth-order valence-corrected chi connectivity index (χ4v) is 4.95. The largest absolute Gasteiger partial charge is 0.387 e. The third-order valence-corrected chi connectivity index (χ3v) is 6.29. The van der Waals surface area contributed by atoms with Gasteiger partial charge in [-0.2, -0.15) is 0 Å². The summed E-state index contributed by atoms with van der Waals surface area (Å²) < 4.78 is 0.814. The van der Waals surface area contributed by atoms with E-state index in [1.54, 1.807) is 22.7 Å². The van der Waals surface area contributed by atoms with E-state index in [-0.39, 0.29) is 11.5 Å². The molecular weight excluding hydrogens is 324 g/mol. The molecule has 0 spiro atoms. The van der Waals surface area contributed by atoms with Gasteiger partial charge < -0.3 is 10.0 Å². The monoisotopic (exact) mass is 342 g/mol. The summed E-state index contributed by atoms with van der Waals surface area (Å²) in [7, 11) is 2.04. The van der Waals surface area contributed by atoms with Crippen molar-refractivity contribution in [3.63, 3.8) is 0 Å². The SMILES string of the molecule is CN(Cc1ccc(Cl)s1)c1nc2c(s1)C(O)CC(C)(C)C2. The van der Waals surface area contributed by atoms with Crippen LogP contribution in [0.25, 0.3) is 0 Å². The van der Waals surface area contributed by atoms with Gasteiger partial charge in [0.05, 0.1) is 27.6 Å². The number of rotatable bonds is 3. The molecule has 0 aliphatic heterocycles. The predicted octanol–water partition coefficient (Wildman–Crippen LogP) is 4.50. The van der Waals surface area contributed by atoms with Crippen molar-refractivity contribution in [1.29, 1.82) is 0 Å². The highest BCUT2D eigenvalue weighted by atomic mass is 35.5. The summed E-state index contributed by atoms with van der Waals surface area (Å²) in [6.45, 7) is 5.17. The summed E-state index contributed by atoms with van der Waals surface area (Å²) >= 11 is 9.19. The molecule has 1 aliphatic rings. The minimum atomic E-state index is -0.375. The Balaban J connectivity index is 1.81. The van der Waals surface area contributed by atoms with Gasteiger partial charge in [0.2, 0.25) is 0 Å². The van der Waals surface area contributed by atoms with E-state index in [4.69, 9.17) is 16.6 Å². The highest BCUT2D eigenvalue weighted by Crippen LogP contribution is 2.44. The van der Waals surface area contributed by atoms with Crippen molar-refractivity contribution in [3.05, 3.63) is 31.9 Å². The number of thiazole rings is 1. The Hall–Kier alpha value is -0.620. The standard InChI is InChI=1S/C15H19ClN2OS2/c1-15(2)6-10-13(11(19)7-15)21-14(17-10)18(3)8-9-4-5-12(16)20-9/h4-5,11,19H,6-8H2,1-3H3. The number of nitrogens with zero attached hydrogens (tertiary/aromatic N) is 2. The number of anilines is 1. The Morgan fingerprint density at radius 2 is 2.19 bits per heavy atom. The molecule has 0 amide bonds. The number of fused-ring (bicyclic) bond motifs is 1. The number of halogens is 1. The van der Waals surface area contributed by atoms with Gasteiger partial charge in [0, 0.05) is 11.9 Å². The van der Waals surface area contributed by atoms with Crippen LogP contribution in [0.2, 0.25) is 4.34 Å². The second kappa shape index (κ2) is 5.54. The van der Waals surface area contributed by atoms with Crippen LogP contribution in [0.15, 0.2) is 12.1 Å². The molecule has 0 bridgehead atoms. The Morgan fingerprint density at radius 1 is 1.43 bits per heavy atom. The molecule has 114 valence electrons. The first-order chi connectivity index (χ1) is 9.84. The Morgan fingerprint density at radius 3 is 2.86 bits per heavy atom. The van der Waals surface area contributed by atoms with Crippen LogP contribution in [0.5, 0.6) is 0 Å². The number of aliphatic hydroxyl groups is 1. The first-order valence-electron chi connectivity index (χ1n) is 6.97. The number of thiophene rings is 1. The Labute approximate surface area is 138 Å². The van der Waals surface area contributed by atoms with Crippen molar-refractivity contribution < 1.29 is 5.11 Å². The van der Waals surface area contributed by atoms with E-state index in [0.717, 1.165) is 39.4 Å². The molecule has 1 aliphatic carbocycles. The number of aromatic nitrogens is 1. The first kappa shape index (κ1) is 15.3. The van der Waals surface area contributed by atoms with Crippen molar-refractivity contribution >= 4 is 39.4 Å². The number of hydrogen-bond donors (Lipinski definition) is 1. The second-order valence-corrected chi connectivity index (χ2v) is 9.24. The van der Waals surface area contributed by atoms with Crippen molar-refractivity contribution in [3.8, 4) is 0 Å². The highest BCUT2D eigenvalue weighted by Gasteiger charge is 2.34. The van der Waals surface area contributed by atoms with Crippen molar-refractivity contribution in [2.75, 3.05) is 11.9 Å². The molecule has 6 heteroatoms. The molecule has 3 nitrogen and oxygen atoms in total. The van der Waals surface area contributed by atoms with Gasteiger partial charge in [0.25, 0.3) is 0 Å². The van der Waals surface area contributed by atoms with Gasteiger partial charge in [0.1, 0.15) is 0 Å². The molecule has 3 rings (SSSR count). The van der Waals surface area contributed by atoms with Gasteiger partial charge in [0.15, 0.2) is 5.13 Å². The number of hydrogen-bond acceptors (Lipinski definition) is 5. The van der Waals surface area contributed by atoms with E-state index in [9.17, 15) is 5.11 Å². The molecule has 0 aromatic carbocycles. The van der Waals surface area contributed by atoms with Gasteiger partial charge in [-0.1, -0.05) is 36.8 Å². The lowest BCUT2D eigenvalue weighted by molar-refractivity contribution is 0.102. The quantitative estimate of drug-likeness (QED) is 0.892. The fourth-order valence-electron chi connectivity index (χ4n) is 2.78. The zero-order chi connectivity index (χ0) is 15.2. The lowest BCUT2D eigenvalue weighted by Crippen LogP contribution is -2.24. The topological polar surface area (TPSA) is 36.4 Å². The van der Waals surface area contributed by atoms with Crippen LogP contribution in [0.4, 0.5) is 5.13 Å². The molecule has 1 N–H and O–H groups in total. The first-order valence-corrected chi connectivity index (χ1v) is 8.98. The maximum Gasteiger partial charge on any atom is 0.185 e. The summed E-state index contributed by atoms with van der Waals surface area (Å²) in [5.41, 5.74) is 1.19. The van der Waals surface area contributed by atoms with Crippen molar-refractivity contribution in [2.24, 2.45) is 5.41 Å².